The second-order valence-corrected chi connectivity index (χ2v) is 7.83. The fourth-order valence-corrected chi connectivity index (χ4v) is 3.55. The summed E-state index contributed by atoms with van der Waals surface area (Å²) in [5, 5.41) is 4.05. The predicted molar refractivity (Wildman–Crippen MR) is 103 cm³/mol. The number of nitrogens with one attached hydrogen (secondary N) is 1. The Balaban J connectivity index is 2.05. The summed E-state index contributed by atoms with van der Waals surface area (Å²) >= 11 is 0. The molecule has 7 heteroatoms. The average molecular weight is 372 g/mol. The first kappa shape index (κ1) is 18.0. The minimum atomic E-state index is -3.39. The van der Waals surface area contributed by atoms with Crippen LogP contribution in [0.3, 0.4) is 0 Å². The van der Waals surface area contributed by atoms with Crippen molar-refractivity contribution in [3.8, 4) is 5.75 Å². The number of ketones is 1. The summed E-state index contributed by atoms with van der Waals surface area (Å²) in [6.45, 7) is 3.88. The number of hydrogen-bond donors (Lipinski definition) is 1. The van der Waals surface area contributed by atoms with Crippen LogP contribution in [0.25, 0.3) is 10.9 Å². The van der Waals surface area contributed by atoms with Crippen molar-refractivity contribution < 1.29 is 17.9 Å². The van der Waals surface area contributed by atoms with Crippen LogP contribution in [0, 0.1) is 0 Å². The van der Waals surface area contributed by atoms with Crippen molar-refractivity contribution in [3.63, 3.8) is 0 Å². The van der Waals surface area contributed by atoms with Crippen molar-refractivity contribution in [1.82, 2.24) is 3.97 Å². The van der Waals surface area contributed by atoms with Crippen LogP contribution in [0.5, 0.6) is 5.75 Å². The normalized spacial score (nSPS) is 11.5. The number of benzene rings is 2. The zero-order chi connectivity index (χ0) is 18.9. The van der Waals surface area contributed by atoms with E-state index in [1.165, 1.54) is 17.1 Å². The minimum Gasteiger partial charge on any atom is -0.492 e. The smallest absolute Gasteiger partial charge is 0.236 e. The van der Waals surface area contributed by atoms with Crippen LogP contribution in [0.4, 0.5) is 11.4 Å². The standard InChI is InChI=1S/C19H20N2O4S/c1-4-25-19-8-6-15(13(2)22)11-17(19)20-16-7-5-14-9-10-21(18(14)12-16)26(3,23)24/h5-12,20H,4H2,1-3H3. The maximum atomic E-state index is 11.9. The van der Waals surface area contributed by atoms with E-state index in [0.29, 0.717) is 34.8 Å². The van der Waals surface area contributed by atoms with Gasteiger partial charge in [-0.2, -0.15) is 0 Å². The summed E-state index contributed by atoms with van der Waals surface area (Å²) < 4.78 is 30.7. The molecule has 136 valence electrons. The third-order valence-electron chi connectivity index (χ3n) is 3.98. The van der Waals surface area contributed by atoms with Crippen LogP contribution in [-0.4, -0.2) is 31.0 Å². The second kappa shape index (κ2) is 6.84. The number of hydrogen-bond acceptors (Lipinski definition) is 5. The van der Waals surface area contributed by atoms with Crippen molar-refractivity contribution >= 4 is 38.1 Å². The molecule has 0 amide bonds. The zero-order valence-electron chi connectivity index (χ0n) is 14.8. The molecule has 0 saturated heterocycles. The Morgan fingerprint density at radius 2 is 1.92 bits per heavy atom. The van der Waals surface area contributed by atoms with Crippen LogP contribution >= 0.6 is 0 Å². The number of rotatable bonds is 6. The second-order valence-electron chi connectivity index (χ2n) is 5.97. The molecule has 0 saturated carbocycles. The number of carbonyl (C=O) groups excluding carboxylic acids is 1. The SMILES string of the molecule is CCOc1ccc(C(C)=O)cc1Nc1ccc2ccn(S(C)(=O)=O)c2c1. The summed E-state index contributed by atoms with van der Waals surface area (Å²) in [7, 11) is -3.39. The van der Waals surface area contributed by atoms with Crippen LogP contribution in [-0.2, 0) is 10.0 Å². The molecule has 0 aliphatic heterocycles. The molecule has 0 atom stereocenters. The monoisotopic (exact) mass is 372 g/mol. The Hall–Kier alpha value is -2.80. The Morgan fingerprint density at radius 3 is 2.58 bits per heavy atom. The van der Waals surface area contributed by atoms with Gasteiger partial charge in [-0.1, -0.05) is 6.07 Å². The fraction of sp³-hybridized carbons (Fsp3) is 0.211. The van der Waals surface area contributed by atoms with Crippen molar-refractivity contribution in [2.24, 2.45) is 0 Å². The Kier molecular flexibility index (Phi) is 4.73. The fourth-order valence-electron chi connectivity index (χ4n) is 2.75. The highest BCUT2D eigenvalue weighted by molar-refractivity contribution is 7.89. The van der Waals surface area contributed by atoms with Crippen molar-refractivity contribution in [2.45, 2.75) is 13.8 Å². The topological polar surface area (TPSA) is 77.4 Å². The van der Waals surface area contributed by atoms with Gasteiger partial charge in [0.2, 0.25) is 10.0 Å². The van der Waals surface area contributed by atoms with Gasteiger partial charge in [-0.05, 0) is 50.2 Å². The molecule has 0 aliphatic carbocycles. The van der Waals surface area contributed by atoms with E-state index in [1.807, 2.05) is 19.1 Å². The lowest BCUT2D eigenvalue weighted by Gasteiger charge is -2.14. The van der Waals surface area contributed by atoms with Gasteiger partial charge in [0, 0.05) is 22.8 Å². The van der Waals surface area contributed by atoms with E-state index < -0.39 is 10.0 Å². The summed E-state index contributed by atoms with van der Waals surface area (Å²) in [5.41, 5.74) is 2.49. The van der Waals surface area contributed by atoms with E-state index >= 15 is 0 Å². The van der Waals surface area contributed by atoms with E-state index in [-0.39, 0.29) is 5.78 Å². The van der Waals surface area contributed by atoms with Gasteiger partial charge < -0.3 is 10.1 Å². The molecule has 0 aliphatic rings. The maximum Gasteiger partial charge on any atom is 0.236 e. The summed E-state index contributed by atoms with van der Waals surface area (Å²) in [5.74, 6) is 0.577. The molecule has 1 aromatic heterocycles. The molecule has 1 N–H and O–H groups in total. The van der Waals surface area contributed by atoms with E-state index in [1.54, 1.807) is 30.3 Å². The molecular formula is C19H20N2O4S. The molecule has 0 unspecified atom stereocenters. The average Bonchev–Trinajstić information content (AvgIpc) is 3.00. The van der Waals surface area contributed by atoms with Crippen LogP contribution in [0.1, 0.15) is 24.2 Å². The number of anilines is 2. The molecule has 3 rings (SSSR count). The molecule has 0 spiro atoms. The van der Waals surface area contributed by atoms with Crippen LogP contribution in [0.2, 0.25) is 0 Å². The highest BCUT2D eigenvalue weighted by Gasteiger charge is 2.12. The van der Waals surface area contributed by atoms with Gasteiger partial charge in [0.25, 0.3) is 0 Å². The van der Waals surface area contributed by atoms with Gasteiger partial charge in [0.15, 0.2) is 5.78 Å². The summed E-state index contributed by atoms with van der Waals surface area (Å²) in [4.78, 5) is 11.7. The van der Waals surface area contributed by atoms with Crippen LogP contribution in [0.15, 0.2) is 48.7 Å². The first-order valence-corrected chi connectivity index (χ1v) is 10.0. The predicted octanol–water partition coefficient (Wildman–Crippen LogP) is 3.79. The van der Waals surface area contributed by atoms with Crippen molar-refractivity contribution in [3.05, 3.63) is 54.2 Å². The largest absolute Gasteiger partial charge is 0.492 e. The molecule has 0 bridgehead atoms. The third-order valence-corrected chi connectivity index (χ3v) is 5.01. The first-order chi connectivity index (χ1) is 12.3. The van der Waals surface area contributed by atoms with E-state index in [0.717, 1.165) is 11.6 Å². The quantitative estimate of drug-likeness (QED) is 0.666. The lowest BCUT2D eigenvalue weighted by molar-refractivity contribution is 0.101. The highest BCUT2D eigenvalue weighted by atomic mass is 32.2. The minimum absolute atomic E-state index is 0.0440. The number of nitrogens with zero attached hydrogens (tertiary/aromatic N) is 1. The molecule has 0 radical (unpaired) electrons. The summed E-state index contributed by atoms with van der Waals surface area (Å²) in [6, 6.07) is 12.4. The lowest BCUT2D eigenvalue weighted by atomic mass is 10.1. The van der Waals surface area contributed by atoms with Gasteiger partial charge in [0.1, 0.15) is 5.75 Å². The lowest BCUT2D eigenvalue weighted by Crippen LogP contribution is -2.08. The van der Waals surface area contributed by atoms with Gasteiger partial charge in [-0.15, -0.1) is 0 Å². The summed E-state index contributed by atoms with van der Waals surface area (Å²) in [6.07, 6.45) is 2.70. The van der Waals surface area contributed by atoms with Gasteiger partial charge in [-0.25, -0.2) is 12.4 Å². The van der Waals surface area contributed by atoms with Gasteiger partial charge in [0.05, 0.1) is 24.1 Å². The highest BCUT2D eigenvalue weighted by Crippen LogP contribution is 2.31. The molecule has 26 heavy (non-hydrogen) atoms. The number of carbonyl (C=O) groups is 1. The molecule has 3 aromatic rings. The van der Waals surface area contributed by atoms with Crippen LogP contribution < -0.4 is 10.1 Å². The Labute approximate surface area is 152 Å². The Bertz CT molecular complexity index is 1080. The van der Waals surface area contributed by atoms with Crippen molar-refractivity contribution in [2.75, 3.05) is 18.2 Å². The maximum absolute atomic E-state index is 11.9. The van der Waals surface area contributed by atoms with E-state index in [9.17, 15) is 13.2 Å². The van der Waals surface area contributed by atoms with E-state index in [4.69, 9.17) is 4.74 Å². The molecule has 2 aromatic carbocycles. The Morgan fingerprint density at radius 1 is 1.15 bits per heavy atom. The molecule has 6 nitrogen and oxygen atoms in total. The number of ether oxygens (including phenoxy) is 1. The van der Waals surface area contributed by atoms with Gasteiger partial charge in [-0.3, -0.25) is 4.79 Å². The van der Waals surface area contributed by atoms with Gasteiger partial charge >= 0.3 is 0 Å². The molecule has 0 fully saturated rings. The molecular weight excluding hydrogens is 352 g/mol. The molecule has 1 heterocycles. The number of aromatic nitrogens is 1. The number of Topliss-reactive ketones (excluding diaryl/α,β-unsaturated/α-hetero) is 1. The number of fused-ring (bicyclic) bond motifs is 1. The first-order valence-electron chi connectivity index (χ1n) is 8.16. The third kappa shape index (κ3) is 3.57. The van der Waals surface area contributed by atoms with Crippen molar-refractivity contribution in [1.29, 1.82) is 0 Å². The van der Waals surface area contributed by atoms with E-state index in [2.05, 4.69) is 5.32 Å². The zero-order valence-corrected chi connectivity index (χ0v) is 15.6.